The number of aryl methyl sites for hydroxylation is 1. The second-order valence-electron chi connectivity index (χ2n) is 7.10. The Balaban J connectivity index is 1.65. The number of nitrogen functional groups attached to an aromatic ring is 1. The molecule has 1 amide bonds. The van der Waals surface area contributed by atoms with Crippen molar-refractivity contribution in [3.8, 4) is 0 Å². The van der Waals surface area contributed by atoms with Crippen molar-refractivity contribution in [3.63, 3.8) is 0 Å². The van der Waals surface area contributed by atoms with Crippen LogP contribution >= 0.6 is 0 Å². The van der Waals surface area contributed by atoms with E-state index in [1.807, 2.05) is 0 Å². The van der Waals surface area contributed by atoms with E-state index in [1.54, 1.807) is 19.2 Å². The zero-order valence-corrected chi connectivity index (χ0v) is 17.5. The Morgan fingerprint density at radius 1 is 1.15 bits per heavy atom. The van der Waals surface area contributed by atoms with Crippen LogP contribution in [0.25, 0.3) is 11.2 Å². The molecule has 3 aromatic rings. The van der Waals surface area contributed by atoms with Crippen LogP contribution in [0.3, 0.4) is 0 Å². The van der Waals surface area contributed by atoms with E-state index in [2.05, 4.69) is 25.6 Å². The van der Waals surface area contributed by atoms with Crippen molar-refractivity contribution in [2.24, 2.45) is 7.05 Å². The summed E-state index contributed by atoms with van der Waals surface area (Å²) in [7, 11) is 1.62. The van der Waals surface area contributed by atoms with Gasteiger partial charge in [-0.1, -0.05) is 0 Å². The number of aliphatic carboxylic acids is 2. The molecule has 2 aromatic heterocycles. The number of rotatable bonds is 9. The maximum Gasteiger partial charge on any atom is 0.326 e. The summed E-state index contributed by atoms with van der Waals surface area (Å²) in [6, 6.07) is 4.88. The lowest BCUT2D eigenvalue weighted by molar-refractivity contribution is -0.140. The third-order valence-corrected chi connectivity index (χ3v) is 4.75. The predicted molar refractivity (Wildman–Crippen MR) is 117 cm³/mol. The number of nitrogens with two attached hydrogens (primary N) is 1. The molecule has 1 aromatic carbocycles. The monoisotopic (exact) mass is 455 g/mol. The smallest absolute Gasteiger partial charge is 0.326 e. The molecule has 0 bridgehead atoms. The van der Waals surface area contributed by atoms with Gasteiger partial charge in [0.05, 0.1) is 18.4 Å². The highest BCUT2D eigenvalue weighted by Crippen LogP contribution is 2.13. The molecule has 13 nitrogen and oxygen atoms in total. The number of aromatic nitrogens is 4. The number of carbonyl (C=O) groups excluding carboxylic acids is 1. The minimum Gasteiger partial charge on any atom is -0.481 e. The average Bonchev–Trinajstić information content (AvgIpc) is 2.78. The summed E-state index contributed by atoms with van der Waals surface area (Å²) in [6.45, 7) is 0.234. The Morgan fingerprint density at radius 3 is 2.48 bits per heavy atom. The number of anilines is 2. The summed E-state index contributed by atoms with van der Waals surface area (Å²) in [5, 5.41) is 23.2. The van der Waals surface area contributed by atoms with Crippen LogP contribution in [0.15, 0.2) is 35.3 Å². The van der Waals surface area contributed by atoms with E-state index >= 15 is 0 Å². The molecule has 0 spiro atoms. The van der Waals surface area contributed by atoms with Crippen LogP contribution in [0.1, 0.15) is 28.9 Å². The van der Waals surface area contributed by atoms with E-state index in [9.17, 15) is 19.2 Å². The Hall–Kier alpha value is -4.55. The first kappa shape index (κ1) is 23.1. The summed E-state index contributed by atoms with van der Waals surface area (Å²) in [4.78, 5) is 58.4. The zero-order valence-electron chi connectivity index (χ0n) is 17.5. The van der Waals surface area contributed by atoms with Gasteiger partial charge >= 0.3 is 17.5 Å². The summed E-state index contributed by atoms with van der Waals surface area (Å²) in [6.07, 6.45) is 0.889. The SMILES string of the molecule is Cn1c(N)nc(=O)c2nc(CNc3ccc(C(=O)NC(CCC(=O)O)C(=O)O)cc3)cnc21. The average molecular weight is 455 g/mol. The molecule has 0 fully saturated rings. The van der Waals surface area contributed by atoms with E-state index in [0.717, 1.165) is 0 Å². The van der Waals surface area contributed by atoms with Gasteiger partial charge in [0.1, 0.15) is 6.04 Å². The number of amides is 1. The number of carboxylic acid groups (broad SMARTS) is 2. The van der Waals surface area contributed by atoms with Gasteiger partial charge in [-0.25, -0.2) is 14.8 Å². The molecule has 1 atom stereocenters. The molecule has 3 rings (SSSR count). The van der Waals surface area contributed by atoms with E-state index < -0.39 is 29.4 Å². The number of fused-ring (bicyclic) bond motifs is 1. The van der Waals surface area contributed by atoms with Crippen molar-refractivity contribution in [1.82, 2.24) is 24.8 Å². The maximum atomic E-state index is 12.3. The second kappa shape index (κ2) is 9.72. The molecule has 0 saturated heterocycles. The van der Waals surface area contributed by atoms with E-state index in [0.29, 0.717) is 17.0 Å². The Morgan fingerprint density at radius 2 is 1.85 bits per heavy atom. The van der Waals surface area contributed by atoms with Crippen LogP contribution in [0.4, 0.5) is 11.6 Å². The van der Waals surface area contributed by atoms with Crippen LogP contribution in [0, 0.1) is 0 Å². The van der Waals surface area contributed by atoms with Crippen molar-refractivity contribution in [2.75, 3.05) is 11.1 Å². The summed E-state index contributed by atoms with van der Waals surface area (Å²) in [5.74, 6) is -3.06. The highest BCUT2D eigenvalue weighted by atomic mass is 16.4. The van der Waals surface area contributed by atoms with Crippen LogP contribution < -0.4 is 21.9 Å². The lowest BCUT2D eigenvalue weighted by atomic mass is 10.1. The number of hydrogen-bond donors (Lipinski definition) is 5. The topological polar surface area (TPSA) is 202 Å². The fraction of sp³-hybridized carbons (Fsp3) is 0.250. The molecular formula is C20H21N7O6. The number of nitrogens with zero attached hydrogens (tertiary/aromatic N) is 4. The first-order chi connectivity index (χ1) is 15.7. The second-order valence-corrected chi connectivity index (χ2v) is 7.10. The Kier molecular flexibility index (Phi) is 6.81. The van der Waals surface area contributed by atoms with E-state index in [-0.39, 0.29) is 36.4 Å². The van der Waals surface area contributed by atoms with Gasteiger partial charge in [0.2, 0.25) is 5.95 Å². The minimum absolute atomic E-state index is 0.0355. The lowest BCUT2D eigenvalue weighted by Gasteiger charge is -2.14. The van der Waals surface area contributed by atoms with Gasteiger partial charge in [-0.3, -0.25) is 19.0 Å². The van der Waals surface area contributed by atoms with Crippen molar-refractivity contribution < 1.29 is 24.6 Å². The lowest BCUT2D eigenvalue weighted by Crippen LogP contribution is -2.41. The standard InChI is InChI=1S/C20H21N7O6/c1-27-16-15(18(31)26-20(27)21)24-12(9-23-16)8-22-11-4-2-10(3-5-11)17(30)25-13(19(32)33)6-7-14(28)29/h2-5,9,13,22H,6-8H2,1H3,(H,25,30)(H,28,29)(H,32,33)(H2,21,26,31). The van der Waals surface area contributed by atoms with Gasteiger partial charge < -0.3 is 26.6 Å². The van der Waals surface area contributed by atoms with Crippen molar-refractivity contribution in [2.45, 2.75) is 25.4 Å². The van der Waals surface area contributed by atoms with Gasteiger partial charge in [-0.15, -0.1) is 0 Å². The molecule has 6 N–H and O–H groups in total. The number of carbonyl (C=O) groups is 3. The highest BCUT2D eigenvalue weighted by molar-refractivity contribution is 5.96. The third kappa shape index (κ3) is 5.58. The molecule has 0 aliphatic rings. The molecule has 0 saturated carbocycles. The largest absolute Gasteiger partial charge is 0.481 e. The molecule has 2 heterocycles. The quantitative estimate of drug-likeness (QED) is 0.290. The van der Waals surface area contributed by atoms with Crippen molar-refractivity contribution in [3.05, 3.63) is 52.1 Å². The first-order valence-corrected chi connectivity index (χ1v) is 9.73. The number of nitrogens with one attached hydrogen (secondary N) is 2. The van der Waals surface area contributed by atoms with E-state index in [1.165, 1.54) is 22.9 Å². The van der Waals surface area contributed by atoms with Gasteiger partial charge in [0.15, 0.2) is 11.2 Å². The maximum absolute atomic E-state index is 12.3. The van der Waals surface area contributed by atoms with Gasteiger partial charge in [0.25, 0.3) is 5.91 Å². The fourth-order valence-corrected chi connectivity index (χ4v) is 2.93. The van der Waals surface area contributed by atoms with Gasteiger partial charge in [-0.2, -0.15) is 4.98 Å². The van der Waals surface area contributed by atoms with Crippen LogP contribution in [-0.2, 0) is 23.2 Å². The predicted octanol–water partition coefficient (Wildman–Crippen LogP) is -0.0344. The number of carboxylic acids is 2. The summed E-state index contributed by atoms with van der Waals surface area (Å²) >= 11 is 0. The van der Waals surface area contributed by atoms with E-state index in [4.69, 9.17) is 15.9 Å². The Labute approximate surface area is 186 Å². The number of hydrogen-bond acceptors (Lipinski definition) is 9. The van der Waals surface area contributed by atoms with Gasteiger partial charge in [0, 0.05) is 24.7 Å². The molecule has 1 unspecified atom stereocenters. The fourth-order valence-electron chi connectivity index (χ4n) is 2.93. The third-order valence-electron chi connectivity index (χ3n) is 4.75. The molecule has 0 radical (unpaired) electrons. The minimum atomic E-state index is -1.31. The molecule has 0 aliphatic heterocycles. The van der Waals surface area contributed by atoms with Crippen molar-refractivity contribution in [1.29, 1.82) is 0 Å². The molecule has 172 valence electrons. The van der Waals surface area contributed by atoms with Crippen molar-refractivity contribution >= 4 is 40.6 Å². The molecule has 33 heavy (non-hydrogen) atoms. The molecule has 13 heteroatoms. The van der Waals surface area contributed by atoms with Crippen LogP contribution in [0.2, 0.25) is 0 Å². The van der Waals surface area contributed by atoms with Crippen LogP contribution in [0.5, 0.6) is 0 Å². The highest BCUT2D eigenvalue weighted by Gasteiger charge is 2.21. The summed E-state index contributed by atoms with van der Waals surface area (Å²) in [5.41, 5.74) is 6.81. The van der Waals surface area contributed by atoms with Crippen LogP contribution in [-0.4, -0.2) is 53.6 Å². The number of benzene rings is 1. The first-order valence-electron chi connectivity index (χ1n) is 9.73. The van der Waals surface area contributed by atoms with Gasteiger partial charge in [-0.05, 0) is 30.7 Å². The molecular weight excluding hydrogens is 434 g/mol. The normalized spacial score (nSPS) is 11.7. The zero-order chi connectivity index (χ0) is 24.1. The summed E-state index contributed by atoms with van der Waals surface area (Å²) < 4.78 is 1.46. The Bertz CT molecular complexity index is 1270. The molecule has 0 aliphatic carbocycles.